The van der Waals surface area contributed by atoms with Crippen molar-refractivity contribution >= 4 is 39.0 Å². The Labute approximate surface area is 129 Å². The first kappa shape index (κ1) is 13.8. The van der Waals surface area contributed by atoms with Crippen LogP contribution in [0, 0.1) is 5.92 Å². The van der Waals surface area contributed by atoms with Crippen molar-refractivity contribution in [3.8, 4) is 0 Å². The lowest BCUT2D eigenvalue weighted by molar-refractivity contribution is -0.142. The molecule has 0 radical (unpaired) electrons. The third-order valence-corrected chi connectivity index (χ3v) is 4.77. The molecule has 0 aliphatic heterocycles. The van der Waals surface area contributed by atoms with E-state index >= 15 is 0 Å². The number of rotatable bonds is 2. The van der Waals surface area contributed by atoms with Gasteiger partial charge in [-0.3, -0.25) is 9.20 Å². The number of nitrogens with zero attached hydrogens (tertiary/aromatic N) is 3. The van der Waals surface area contributed by atoms with Crippen molar-refractivity contribution in [3.63, 3.8) is 0 Å². The standard InChI is InChI=1S/C13H13BrClN3O2/c14-10-9-11(15)16-5-6-18(9)12(17-10)7-1-3-8(4-2-7)13(19)20/h5-8H,1-4H2,(H,19,20). The van der Waals surface area contributed by atoms with Crippen molar-refractivity contribution < 1.29 is 9.90 Å². The van der Waals surface area contributed by atoms with Crippen LogP contribution in [0.5, 0.6) is 0 Å². The molecule has 0 spiro atoms. The highest BCUT2D eigenvalue weighted by Crippen LogP contribution is 2.37. The average Bonchev–Trinajstić information content (AvgIpc) is 2.77. The second-order valence-electron chi connectivity index (χ2n) is 5.08. The normalized spacial score (nSPS) is 23.1. The van der Waals surface area contributed by atoms with E-state index in [1.165, 1.54) is 0 Å². The van der Waals surface area contributed by atoms with Crippen LogP contribution < -0.4 is 0 Å². The summed E-state index contributed by atoms with van der Waals surface area (Å²) in [7, 11) is 0. The van der Waals surface area contributed by atoms with Gasteiger partial charge < -0.3 is 5.11 Å². The van der Waals surface area contributed by atoms with E-state index in [1.54, 1.807) is 6.20 Å². The molecule has 1 aliphatic carbocycles. The summed E-state index contributed by atoms with van der Waals surface area (Å²) < 4.78 is 2.64. The number of carboxylic acids is 1. The van der Waals surface area contributed by atoms with Crippen molar-refractivity contribution in [2.24, 2.45) is 5.92 Å². The molecule has 2 heterocycles. The first-order chi connectivity index (χ1) is 9.58. The lowest BCUT2D eigenvalue weighted by atomic mass is 9.81. The second-order valence-corrected chi connectivity index (χ2v) is 6.19. The summed E-state index contributed by atoms with van der Waals surface area (Å²) in [6.45, 7) is 0. The smallest absolute Gasteiger partial charge is 0.306 e. The fourth-order valence-electron chi connectivity index (χ4n) is 2.87. The fraction of sp³-hybridized carbons (Fsp3) is 0.462. The SMILES string of the molecule is O=C(O)C1CCC(c2nc(Br)c3c(Cl)nccn23)CC1. The number of aromatic nitrogens is 3. The summed E-state index contributed by atoms with van der Waals surface area (Å²) in [6.07, 6.45) is 6.56. The van der Waals surface area contributed by atoms with E-state index in [4.69, 9.17) is 16.7 Å². The largest absolute Gasteiger partial charge is 0.481 e. The highest BCUT2D eigenvalue weighted by Gasteiger charge is 2.29. The summed E-state index contributed by atoms with van der Waals surface area (Å²) in [4.78, 5) is 19.6. The Morgan fingerprint density at radius 3 is 2.75 bits per heavy atom. The summed E-state index contributed by atoms with van der Waals surface area (Å²) >= 11 is 9.52. The van der Waals surface area contributed by atoms with Crippen LogP contribution in [0.1, 0.15) is 37.4 Å². The van der Waals surface area contributed by atoms with Gasteiger partial charge in [-0.15, -0.1) is 0 Å². The molecule has 2 aromatic heterocycles. The van der Waals surface area contributed by atoms with Gasteiger partial charge >= 0.3 is 5.97 Å². The summed E-state index contributed by atoms with van der Waals surface area (Å²) in [5.74, 6) is 0.291. The lowest BCUT2D eigenvalue weighted by Crippen LogP contribution is -2.21. The van der Waals surface area contributed by atoms with E-state index < -0.39 is 5.97 Å². The molecule has 5 nitrogen and oxygen atoms in total. The van der Waals surface area contributed by atoms with E-state index in [-0.39, 0.29) is 11.8 Å². The molecule has 1 aliphatic rings. The predicted octanol–water partition coefficient (Wildman–Crippen LogP) is 3.50. The highest BCUT2D eigenvalue weighted by atomic mass is 79.9. The fourth-order valence-corrected chi connectivity index (χ4v) is 3.78. The van der Waals surface area contributed by atoms with Crippen LogP contribution in [0.4, 0.5) is 0 Å². The van der Waals surface area contributed by atoms with Crippen LogP contribution in [0.15, 0.2) is 17.0 Å². The van der Waals surface area contributed by atoms with Gasteiger partial charge in [0.15, 0.2) is 5.15 Å². The Morgan fingerprint density at radius 1 is 1.40 bits per heavy atom. The summed E-state index contributed by atoms with van der Waals surface area (Å²) in [5, 5.41) is 9.47. The van der Waals surface area contributed by atoms with Gasteiger partial charge in [0.05, 0.1) is 5.92 Å². The minimum atomic E-state index is -0.690. The Balaban J connectivity index is 1.92. The zero-order chi connectivity index (χ0) is 14.3. The molecule has 106 valence electrons. The molecule has 0 aromatic carbocycles. The Kier molecular flexibility index (Phi) is 3.69. The van der Waals surface area contributed by atoms with Crippen molar-refractivity contribution in [1.29, 1.82) is 0 Å². The Hall–Kier alpha value is -1.14. The molecule has 20 heavy (non-hydrogen) atoms. The van der Waals surface area contributed by atoms with E-state index in [1.807, 2.05) is 10.6 Å². The van der Waals surface area contributed by atoms with Crippen LogP contribution in [0.3, 0.4) is 0 Å². The number of aliphatic carboxylic acids is 1. The van der Waals surface area contributed by atoms with E-state index in [0.717, 1.165) is 24.2 Å². The maximum Gasteiger partial charge on any atom is 0.306 e. The van der Waals surface area contributed by atoms with Gasteiger partial charge in [0.2, 0.25) is 0 Å². The third kappa shape index (κ3) is 2.31. The van der Waals surface area contributed by atoms with E-state index in [2.05, 4.69) is 25.9 Å². The Bertz CT molecular complexity index is 665. The summed E-state index contributed by atoms with van der Waals surface area (Å²) in [5.41, 5.74) is 0.768. The maximum atomic E-state index is 11.0. The number of carboxylic acid groups (broad SMARTS) is 1. The van der Waals surface area contributed by atoms with E-state index in [0.29, 0.717) is 22.6 Å². The van der Waals surface area contributed by atoms with Crippen molar-refractivity contribution in [2.45, 2.75) is 31.6 Å². The monoisotopic (exact) mass is 357 g/mol. The number of carbonyl (C=O) groups is 1. The average molecular weight is 359 g/mol. The molecule has 0 bridgehead atoms. The molecule has 3 rings (SSSR count). The molecule has 0 unspecified atom stereocenters. The molecule has 0 atom stereocenters. The quantitative estimate of drug-likeness (QED) is 0.892. The van der Waals surface area contributed by atoms with Gasteiger partial charge in [-0.05, 0) is 41.6 Å². The Morgan fingerprint density at radius 2 is 2.10 bits per heavy atom. The molecule has 0 saturated heterocycles. The molecule has 1 N–H and O–H groups in total. The van der Waals surface area contributed by atoms with Crippen molar-refractivity contribution in [1.82, 2.24) is 14.4 Å². The third-order valence-electron chi connectivity index (χ3n) is 3.94. The topological polar surface area (TPSA) is 67.5 Å². The van der Waals surface area contributed by atoms with Crippen LogP contribution in [0.2, 0.25) is 5.15 Å². The van der Waals surface area contributed by atoms with Crippen LogP contribution >= 0.6 is 27.5 Å². The predicted molar refractivity (Wildman–Crippen MR) is 78.0 cm³/mol. The number of fused-ring (bicyclic) bond motifs is 1. The number of hydrogen-bond donors (Lipinski definition) is 1. The molecule has 2 aromatic rings. The number of halogens is 2. The molecular weight excluding hydrogens is 346 g/mol. The molecule has 7 heteroatoms. The zero-order valence-corrected chi connectivity index (χ0v) is 12.9. The van der Waals surface area contributed by atoms with Gasteiger partial charge in [0, 0.05) is 18.3 Å². The molecular formula is C13H13BrClN3O2. The van der Waals surface area contributed by atoms with E-state index in [9.17, 15) is 4.79 Å². The van der Waals surface area contributed by atoms with Gasteiger partial charge in [0.25, 0.3) is 0 Å². The van der Waals surface area contributed by atoms with Crippen LogP contribution in [0.25, 0.3) is 5.52 Å². The molecule has 1 saturated carbocycles. The molecule has 1 fully saturated rings. The zero-order valence-electron chi connectivity index (χ0n) is 10.6. The minimum Gasteiger partial charge on any atom is -0.481 e. The number of imidazole rings is 1. The lowest BCUT2D eigenvalue weighted by Gasteiger charge is -2.25. The summed E-state index contributed by atoms with van der Waals surface area (Å²) in [6, 6.07) is 0. The van der Waals surface area contributed by atoms with Crippen LogP contribution in [-0.4, -0.2) is 25.4 Å². The number of hydrogen-bond acceptors (Lipinski definition) is 3. The van der Waals surface area contributed by atoms with Gasteiger partial charge in [-0.25, -0.2) is 9.97 Å². The maximum absolute atomic E-state index is 11.0. The first-order valence-corrected chi connectivity index (χ1v) is 7.65. The molecule has 0 amide bonds. The first-order valence-electron chi connectivity index (χ1n) is 6.48. The van der Waals surface area contributed by atoms with Crippen molar-refractivity contribution in [2.75, 3.05) is 0 Å². The van der Waals surface area contributed by atoms with Gasteiger partial charge in [-0.2, -0.15) is 0 Å². The van der Waals surface area contributed by atoms with Gasteiger partial charge in [-0.1, -0.05) is 11.6 Å². The van der Waals surface area contributed by atoms with Crippen molar-refractivity contribution in [3.05, 3.63) is 28.0 Å². The van der Waals surface area contributed by atoms with Crippen LogP contribution in [-0.2, 0) is 4.79 Å². The second kappa shape index (κ2) is 5.33. The van der Waals surface area contributed by atoms with Gasteiger partial charge in [0.1, 0.15) is 15.9 Å². The highest BCUT2D eigenvalue weighted by molar-refractivity contribution is 9.10. The minimum absolute atomic E-state index is 0.217.